The Hall–Kier alpha value is -1.87. The maximum Gasteiger partial charge on any atom is 0.132 e. The largest absolute Gasteiger partial charge is 0.497 e. The van der Waals surface area contributed by atoms with Crippen molar-refractivity contribution in [1.82, 2.24) is 0 Å². The molecule has 0 bridgehead atoms. The van der Waals surface area contributed by atoms with Crippen LogP contribution in [-0.2, 0) is 16.1 Å². The van der Waals surface area contributed by atoms with Gasteiger partial charge in [0.2, 0.25) is 0 Å². The van der Waals surface area contributed by atoms with E-state index in [1.165, 1.54) is 0 Å². The summed E-state index contributed by atoms with van der Waals surface area (Å²) in [7, 11) is 1.63. The van der Waals surface area contributed by atoms with Gasteiger partial charge in [0.25, 0.3) is 0 Å². The summed E-state index contributed by atoms with van der Waals surface area (Å²) in [5.74, 6) is 6.65. The smallest absolute Gasteiger partial charge is 0.132 e. The summed E-state index contributed by atoms with van der Waals surface area (Å²) in [6.07, 6.45) is 1.54. The van der Waals surface area contributed by atoms with Gasteiger partial charge in [-0.15, -0.1) is 11.8 Å². The van der Waals surface area contributed by atoms with Gasteiger partial charge >= 0.3 is 0 Å². The van der Waals surface area contributed by atoms with E-state index in [4.69, 9.17) is 9.47 Å². The number of rotatable bonds is 14. The quantitative estimate of drug-likeness (QED) is 0.462. The minimum absolute atomic E-state index is 0.0161. The van der Waals surface area contributed by atoms with Crippen molar-refractivity contribution >= 4 is 5.78 Å². The SMILES string of the molecule is CC#CC[C@@H](O)[C@@H](C)CCC(=O)CC[C@H](C)[C@@H](O)COCc1ccc(OC)cc1. The molecule has 0 unspecified atom stereocenters. The second kappa shape index (κ2) is 14.2. The summed E-state index contributed by atoms with van der Waals surface area (Å²) in [5.41, 5.74) is 1.02. The number of Topliss-reactive ketones (excluding diaryl/α,β-unsaturated/α-hetero) is 1. The normalized spacial score (nSPS) is 15.0. The first-order valence-corrected chi connectivity index (χ1v) is 10.4. The van der Waals surface area contributed by atoms with Crippen LogP contribution in [0, 0.1) is 23.7 Å². The van der Waals surface area contributed by atoms with Crippen LogP contribution < -0.4 is 4.74 Å². The van der Waals surface area contributed by atoms with Crippen LogP contribution in [-0.4, -0.2) is 41.9 Å². The lowest BCUT2D eigenvalue weighted by molar-refractivity contribution is -0.120. The van der Waals surface area contributed by atoms with Gasteiger partial charge in [0.1, 0.15) is 11.5 Å². The molecule has 0 amide bonds. The van der Waals surface area contributed by atoms with E-state index in [1.807, 2.05) is 38.1 Å². The molecule has 0 heterocycles. The molecule has 0 fully saturated rings. The van der Waals surface area contributed by atoms with Crippen molar-refractivity contribution in [3.63, 3.8) is 0 Å². The second-order valence-corrected chi connectivity index (χ2v) is 7.70. The number of aliphatic hydroxyl groups is 2. The Balaban J connectivity index is 2.21. The summed E-state index contributed by atoms with van der Waals surface area (Å²) in [6, 6.07) is 7.61. The molecular weight excluding hydrogens is 368 g/mol. The van der Waals surface area contributed by atoms with Gasteiger partial charge in [-0.05, 0) is 49.3 Å². The van der Waals surface area contributed by atoms with Gasteiger partial charge in [-0.1, -0.05) is 26.0 Å². The fraction of sp³-hybridized carbons (Fsp3) is 0.625. The minimum atomic E-state index is -0.602. The first-order chi connectivity index (χ1) is 13.9. The fourth-order valence-electron chi connectivity index (χ4n) is 2.88. The van der Waals surface area contributed by atoms with Crippen molar-refractivity contribution < 1.29 is 24.5 Å². The third-order valence-electron chi connectivity index (χ3n) is 5.28. The standard InChI is InChI=1S/C24H36O5/c1-5-6-7-23(26)18(2)8-12-21(25)13-9-19(3)24(27)17-29-16-20-10-14-22(28-4)15-11-20/h10-11,14-15,18-19,23-24,26-27H,7-9,12-13,16-17H2,1-4H3/t18-,19-,23+,24-/m0/s1. The summed E-state index contributed by atoms with van der Waals surface area (Å²) < 4.78 is 10.7. The van der Waals surface area contributed by atoms with Gasteiger partial charge in [0.15, 0.2) is 0 Å². The van der Waals surface area contributed by atoms with Gasteiger partial charge in [0, 0.05) is 19.3 Å². The van der Waals surface area contributed by atoms with Crippen molar-refractivity contribution in [3.05, 3.63) is 29.8 Å². The number of ketones is 1. The molecule has 0 radical (unpaired) electrons. The van der Waals surface area contributed by atoms with Crippen LogP contribution in [0.4, 0.5) is 0 Å². The molecule has 0 aliphatic carbocycles. The number of aliphatic hydroxyl groups excluding tert-OH is 2. The van der Waals surface area contributed by atoms with E-state index in [-0.39, 0.29) is 24.2 Å². The molecule has 0 aliphatic heterocycles. The highest BCUT2D eigenvalue weighted by Crippen LogP contribution is 2.18. The van der Waals surface area contributed by atoms with Gasteiger partial charge in [-0.25, -0.2) is 0 Å². The minimum Gasteiger partial charge on any atom is -0.497 e. The zero-order valence-corrected chi connectivity index (χ0v) is 18.2. The molecule has 29 heavy (non-hydrogen) atoms. The van der Waals surface area contributed by atoms with Crippen LogP contribution in [0.15, 0.2) is 24.3 Å². The maximum absolute atomic E-state index is 12.1. The summed E-state index contributed by atoms with van der Waals surface area (Å²) in [5, 5.41) is 20.2. The van der Waals surface area contributed by atoms with Crippen LogP contribution in [0.3, 0.4) is 0 Å². The summed E-state index contributed by atoms with van der Waals surface area (Å²) >= 11 is 0. The molecule has 0 saturated heterocycles. The molecule has 0 aromatic heterocycles. The Kier molecular flexibility index (Phi) is 12.3. The van der Waals surface area contributed by atoms with Crippen LogP contribution >= 0.6 is 0 Å². The molecule has 0 aliphatic rings. The zero-order valence-electron chi connectivity index (χ0n) is 18.2. The van der Waals surface area contributed by atoms with Crippen LogP contribution in [0.25, 0.3) is 0 Å². The van der Waals surface area contributed by atoms with Gasteiger partial charge in [-0.3, -0.25) is 4.79 Å². The second-order valence-electron chi connectivity index (χ2n) is 7.70. The maximum atomic E-state index is 12.1. The average Bonchev–Trinajstić information content (AvgIpc) is 2.74. The van der Waals surface area contributed by atoms with Crippen molar-refractivity contribution in [3.8, 4) is 17.6 Å². The molecule has 5 heteroatoms. The Morgan fingerprint density at radius 2 is 1.62 bits per heavy atom. The zero-order chi connectivity index (χ0) is 21.6. The predicted molar refractivity (Wildman–Crippen MR) is 115 cm³/mol. The molecule has 0 saturated carbocycles. The predicted octanol–water partition coefficient (Wildman–Crippen LogP) is 3.75. The number of carbonyl (C=O) groups is 1. The van der Waals surface area contributed by atoms with E-state index < -0.39 is 12.2 Å². The van der Waals surface area contributed by atoms with Gasteiger partial charge < -0.3 is 19.7 Å². The number of benzene rings is 1. The molecule has 1 aromatic carbocycles. The lowest BCUT2D eigenvalue weighted by atomic mass is 9.92. The summed E-state index contributed by atoms with van der Waals surface area (Å²) in [4.78, 5) is 12.1. The van der Waals surface area contributed by atoms with E-state index >= 15 is 0 Å². The first kappa shape index (κ1) is 25.2. The monoisotopic (exact) mass is 404 g/mol. The van der Waals surface area contributed by atoms with Crippen molar-refractivity contribution in [2.75, 3.05) is 13.7 Å². The summed E-state index contributed by atoms with van der Waals surface area (Å²) in [6.45, 7) is 6.30. The third kappa shape index (κ3) is 10.5. The molecular formula is C24H36O5. The molecule has 2 N–H and O–H groups in total. The van der Waals surface area contributed by atoms with Crippen LogP contribution in [0.1, 0.15) is 58.4 Å². The first-order valence-electron chi connectivity index (χ1n) is 10.4. The van der Waals surface area contributed by atoms with E-state index in [0.29, 0.717) is 38.7 Å². The van der Waals surface area contributed by atoms with E-state index in [2.05, 4.69) is 11.8 Å². The highest BCUT2D eigenvalue weighted by Gasteiger charge is 2.18. The van der Waals surface area contributed by atoms with E-state index in [1.54, 1.807) is 14.0 Å². The van der Waals surface area contributed by atoms with Crippen LogP contribution in [0.2, 0.25) is 0 Å². The van der Waals surface area contributed by atoms with E-state index in [0.717, 1.165) is 11.3 Å². The number of hydrogen-bond acceptors (Lipinski definition) is 5. The van der Waals surface area contributed by atoms with Gasteiger partial charge in [0.05, 0.1) is 32.5 Å². The number of methoxy groups -OCH3 is 1. The van der Waals surface area contributed by atoms with Crippen molar-refractivity contribution in [2.24, 2.45) is 11.8 Å². The Labute approximate surface area is 175 Å². The fourth-order valence-corrected chi connectivity index (χ4v) is 2.88. The van der Waals surface area contributed by atoms with Crippen LogP contribution in [0.5, 0.6) is 5.75 Å². The highest BCUT2D eigenvalue weighted by atomic mass is 16.5. The molecule has 1 aromatic rings. The van der Waals surface area contributed by atoms with Crippen molar-refractivity contribution in [1.29, 1.82) is 0 Å². The average molecular weight is 405 g/mol. The molecule has 1 rings (SSSR count). The molecule has 162 valence electrons. The number of hydrogen-bond donors (Lipinski definition) is 2. The highest BCUT2D eigenvalue weighted by molar-refractivity contribution is 5.78. The number of carbonyl (C=O) groups excluding carboxylic acids is 1. The lowest BCUT2D eigenvalue weighted by Gasteiger charge is -2.19. The lowest BCUT2D eigenvalue weighted by Crippen LogP contribution is -2.24. The third-order valence-corrected chi connectivity index (χ3v) is 5.28. The number of ether oxygens (including phenoxy) is 2. The van der Waals surface area contributed by atoms with Gasteiger partial charge in [-0.2, -0.15) is 0 Å². The topological polar surface area (TPSA) is 76.0 Å². The molecule has 0 spiro atoms. The molecule has 5 nitrogen and oxygen atoms in total. The van der Waals surface area contributed by atoms with E-state index in [9.17, 15) is 15.0 Å². The van der Waals surface area contributed by atoms with Crippen molar-refractivity contribution in [2.45, 2.75) is 71.7 Å². The Bertz CT molecular complexity index is 643. The molecule has 4 atom stereocenters. The Morgan fingerprint density at radius 3 is 2.17 bits per heavy atom. The Morgan fingerprint density at radius 1 is 1.03 bits per heavy atom.